The van der Waals surface area contributed by atoms with Crippen LogP contribution in [0.2, 0.25) is 0 Å². The van der Waals surface area contributed by atoms with E-state index in [0.29, 0.717) is 11.4 Å². The Bertz CT molecular complexity index is 373. The molecule has 2 N–H and O–H groups in total. The quantitative estimate of drug-likeness (QED) is 0.668. The predicted molar refractivity (Wildman–Crippen MR) is 68.4 cm³/mol. The molecule has 1 rings (SSSR count). The fourth-order valence-corrected chi connectivity index (χ4v) is 2.51. The van der Waals surface area contributed by atoms with Crippen molar-refractivity contribution in [3.63, 3.8) is 0 Å². The molecule has 4 nitrogen and oxygen atoms in total. The van der Waals surface area contributed by atoms with Crippen molar-refractivity contribution in [2.24, 2.45) is 0 Å². The number of carbonyl (C=O) groups is 1. The van der Waals surface area contributed by atoms with Crippen LogP contribution in [0.5, 0.6) is 5.75 Å². The molecule has 0 amide bonds. The summed E-state index contributed by atoms with van der Waals surface area (Å²) in [6.07, 6.45) is 0.208. The third-order valence-corrected chi connectivity index (χ3v) is 2.98. The number of benzene rings is 1. The van der Waals surface area contributed by atoms with E-state index in [-0.39, 0.29) is 19.0 Å². The Morgan fingerprint density at radius 2 is 1.94 bits per heavy atom. The molecule has 0 aromatic heterocycles. The molecule has 0 heterocycles. The number of hydrogen-bond donors (Lipinski definition) is 1. The lowest BCUT2D eigenvalue weighted by Gasteiger charge is -2.10. The van der Waals surface area contributed by atoms with E-state index >= 15 is 0 Å². The molecule has 0 fully saturated rings. The lowest BCUT2D eigenvalue weighted by Crippen LogP contribution is -2.08. The summed E-state index contributed by atoms with van der Waals surface area (Å²) in [6.45, 7) is 0.258. The van der Waals surface area contributed by atoms with Gasteiger partial charge in [-0.15, -0.1) is 0 Å². The zero-order valence-corrected chi connectivity index (χ0v) is 11.8. The summed E-state index contributed by atoms with van der Waals surface area (Å²) < 4.78 is 11.4. The molecular weight excluding hydrogens is 342 g/mol. The van der Waals surface area contributed by atoms with Crippen molar-refractivity contribution in [3.05, 3.63) is 21.1 Å². The molecule has 88 valence electrons. The number of methoxy groups -OCH3 is 1. The van der Waals surface area contributed by atoms with Crippen LogP contribution in [0.3, 0.4) is 0 Å². The summed E-state index contributed by atoms with van der Waals surface area (Å²) in [5.41, 5.74) is 6.26. The third-order valence-electron chi connectivity index (χ3n) is 1.80. The van der Waals surface area contributed by atoms with E-state index in [9.17, 15) is 4.79 Å². The van der Waals surface area contributed by atoms with Crippen LogP contribution in [0.15, 0.2) is 21.1 Å². The number of esters is 1. The monoisotopic (exact) mass is 351 g/mol. The third kappa shape index (κ3) is 3.68. The molecular formula is C10H11Br2NO3. The van der Waals surface area contributed by atoms with E-state index in [4.69, 9.17) is 10.5 Å². The highest BCUT2D eigenvalue weighted by molar-refractivity contribution is 9.11. The summed E-state index contributed by atoms with van der Waals surface area (Å²) in [4.78, 5) is 10.9. The molecule has 1 aromatic rings. The summed E-state index contributed by atoms with van der Waals surface area (Å²) in [5.74, 6) is 0.320. The van der Waals surface area contributed by atoms with Crippen molar-refractivity contribution >= 4 is 43.5 Å². The van der Waals surface area contributed by atoms with Crippen molar-refractivity contribution < 1.29 is 14.3 Å². The second-order valence-corrected chi connectivity index (χ2v) is 4.70. The van der Waals surface area contributed by atoms with Gasteiger partial charge in [-0.05, 0) is 44.0 Å². The Balaban J connectivity index is 2.64. The minimum Gasteiger partial charge on any atom is -0.491 e. The van der Waals surface area contributed by atoms with Crippen LogP contribution >= 0.6 is 31.9 Å². The van der Waals surface area contributed by atoms with Gasteiger partial charge >= 0.3 is 5.97 Å². The lowest BCUT2D eigenvalue weighted by atomic mass is 10.3. The van der Waals surface area contributed by atoms with Crippen molar-refractivity contribution in [3.8, 4) is 5.75 Å². The Labute approximate surface area is 110 Å². The van der Waals surface area contributed by atoms with Crippen LogP contribution in [0.4, 0.5) is 5.69 Å². The average molecular weight is 353 g/mol. The van der Waals surface area contributed by atoms with Crippen LogP contribution in [0.1, 0.15) is 6.42 Å². The number of rotatable bonds is 4. The smallest absolute Gasteiger partial charge is 0.308 e. The molecule has 0 saturated heterocycles. The number of carbonyl (C=O) groups excluding carboxylic acids is 1. The minimum atomic E-state index is -0.303. The zero-order valence-electron chi connectivity index (χ0n) is 8.63. The molecule has 0 radical (unpaired) electrons. The Hall–Kier alpha value is -0.750. The molecule has 16 heavy (non-hydrogen) atoms. The van der Waals surface area contributed by atoms with E-state index in [1.807, 2.05) is 0 Å². The van der Waals surface area contributed by atoms with Gasteiger partial charge in [0.15, 0.2) is 0 Å². The molecule has 6 heteroatoms. The highest BCUT2D eigenvalue weighted by atomic mass is 79.9. The maximum Gasteiger partial charge on any atom is 0.308 e. The highest BCUT2D eigenvalue weighted by Gasteiger charge is 2.09. The van der Waals surface area contributed by atoms with Gasteiger partial charge < -0.3 is 15.2 Å². The fourth-order valence-electron chi connectivity index (χ4n) is 1.06. The van der Waals surface area contributed by atoms with E-state index in [1.165, 1.54) is 7.11 Å². The molecule has 0 unspecified atom stereocenters. The number of ether oxygens (including phenoxy) is 2. The molecule has 0 atom stereocenters. The van der Waals surface area contributed by atoms with Crippen LogP contribution in [-0.2, 0) is 9.53 Å². The van der Waals surface area contributed by atoms with Gasteiger partial charge in [0.05, 0.1) is 29.1 Å². The maximum absolute atomic E-state index is 10.9. The molecule has 1 aromatic carbocycles. The number of nitrogen functional groups attached to an aromatic ring is 1. The van der Waals surface area contributed by atoms with Crippen molar-refractivity contribution in [2.75, 3.05) is 19.5 Å². The summed E-state index contributed by atoms with van der Waals surface area (Å²) in [7, 11) is 1.34. The van der Waals surface area contributed by atoms with Gasteiger partial charge in [0.1, 0.15) is 5.75 Å². The summed E-state index contributed by atoms with van der Waals surface area (Å²) in [6, 6.07) is 3.47. The first-order valence-corrected chi connectivity index (χ1v) is 6.07. The van der Waals surface area contributed by atoms with Crippen molar-refractivity contribution in [1.29, 1.82) is 0 Å². The first kappa shape index (κ1) is 13.3. The van der Waals surface area contributed by atoms with Gasteiger partial charge in [-0.25, -0.2) is 0 Å². The van der Waals surface area contributed by atoms with Gasteiger partial charge in [0.25, 0.3) is 0 Å². The molecule has 0 bridgehead atoms. The first-order valence-electron chi connectivity index (χ1n) is 4.48. The molecule has 0 aliphatic heterocycles. The summed E-state index contributed by atoms with van der Waals surface area (Å²) in [5, 5.41) is 0. The standard InChI is InChI=1S/C10H11Br2NO3/c1-15-9(14)2-3-16-10-7(11)4-6(13)5-8(10)12/h4-5H,2-3,13H2,1H3. The number of hydrogen-bond acceptors (Lipinski definition) is 4. The number of anilines is 1. The predicted octanol–water partition coefficient (Wildman–Crippen LogP) is 2.74. The Morgan fingerprint density at radius 3 is 2.44 bits per heavy atom. The number of halogens is 2. The second kappa shape index (κ2) is 6.10. The maximum atomic E-state index is 10.9. The minimum absolute atomic E-state index is 0.208. The van der Waals surface area contributed by atoms with Crippen LogP contribution in [0.25, 0.3) is 0 Å². The van der Waals surface area contributed by atoms with E-state index in [2.05, 4.69) is 36.6 Å². The topological polar surface area (TPSA) is 61.5 Å². The molecule has 0 aliphatic rings. The fraction of sp³-hybridized carbons (Fsp3) is 0.300. The highest BCUT2D eigenvalue weighted by Crippen LogP contribution is 2.35. The molecule has 0 spiro atoms. The van der Waals surface area contributed by atoms with Crippen LogP contribution in [-0.4, -0.2) is 19.7 Å². The van der Waals surface area contributed by atoms with E-state index < -0.39 is 0 Å². The Kier molecular flexibility index (Phi) is 5.08. The molecule has 0 saturated carbocycles. The van der Waals surface area contributed by atoms with Crippen molar-refractivity contribution in [2.45, 2.75) is 6.42 Å². The van der Waals surface area contributed by atoms with Gasteiger partial charge in [-0.1, -0.05) is 0 Å². The lowest BCUT2D eigenvalue weighted by molar-refractivity contribution is -0.141. The second-order valence-electron chi connectivity index (χ2n) is 2.99. The SMILES string of the molecule is COC(=O)CCOc1c(Br)cc(N)cc1Br. The molecule has 0 aliphatic carbocycles. The largest absolute Gasteiger partial charge is 0.491 e. The first-order chi connectivity index (χ1) is 7.54. The van der Waals surface area contributed by atoms with Crippen molar-refractivity contribution in [1.82, 2.24) is 0 Å². The van der Waals surface area contributed by atoms with E-state index in [0.717, 1.165) is 8.95 Å². The van der Waals surface area contributed by atoms with Crippen LogP contribution in [0, 0.1) is 0 Å². The Morgan fingerprint density at radius 1 is 1.38 bits per heavy atom. The van der Waals surface area contributed by atoms with E-state index in [1.54, 1.807) is 12.1 Å². The van der Waals surface area contributed by atoms with Gasteiger partial charge in [0.2, 0.25) is 0 Å². The zero-order chi connectivity index (χ0) is 12.1. The van der Waals surface area contributed by atoms with Gasteiger partial charge in [0, 0.05) is 5.69 Å². The average Bonchev–Trinajstić information content (AvgIpc) is 2.21. The summed E-state index contributed by atoms with van der Waals surface area (Å²) >= 11 is 6.66. The van der Waals surface area contributed by atoms with Gasteiger partial charge in [-0.3, -0.25) is 4.79 Å². The number of nitrogens with two attached hydrogens (primary N) is 1. The normalized spacial score (nSPS) is 9.94. The van der Waals surface area contributed by atoms with Crippen LogP contribution < -0.4 is 10.5 Å². The van der Waals surface area contributed by atoms with Gasteiger partial charge in [-0.2, -0.15) is 0 Å².